The number of nitrogens with one attached hydrogen (secondary N) is 1. The summed E-state index contributed by atoms with van der Waals surface area (Å²) >= 11 is 3.27. The van der Waals surface area contributed by atoms with Crippen LogP contribution in [0.25, 0.3) is 0 Å². The molecule has 1 amide bonds. The highest BCUT2D eigenvalue weighted by Crippen LogP contribution is 2.31. The first-order valence-corrected chi connectivity index (χ1v) is 6.29. The molecule has 104 valence electrons. The number of nitro groups is 1. The van der Waals surface area contributed by atoms with Crippen molar-refractivity contribution in [3.63, 3.8) is 0 Å². The standard InChI is InChI=1S/C12H15BrN2O4/c1-7-5-8(13)9(6-10(7)15(17)18)14-11(16)12(2,3)19-4/h5-6H,1-4H3,(H,14,16). The van der Waals surface area contributed by atoms with Crippen LogP contribution in [0.4, 0.5) is 11.4 Å². The lowest BCUT2D eigenvalue weighted by Gasteiger charge is -2.22. The van der Waals surface area contributed by atoms with E-state index >= 15 is 0 Å². The van der Waals surface area contributed by atoms with E-state index in [0.29, 0.717) is 15.7 Å². The van der Waals surface area contributed by atoms with Crippen molar-refractivity contribution in [3.05, 3.63) is 32.3 Å². The summed E-state index contributed by atoms with van der Waals surface area (Å²) in [5, 5.41) is 13.5. The molecule has 0 heterocycles. The second kappa shape index (κ2) is 5.66. The van der Waals surface area contributed by atoms with Crippen molar-refractivity contribution in [2.45, 2.75) is 26.4 Å². The molecular formula is C12H15BrN2O4. The maximum atomic E-state index is 12.0. The number of hydrogen-bond acceptors (Lipinski definition) is 4. The van der Waals surface area contributed by atoms with Crippen LogP contribution >= 0.6 is 15.9 Å². The van der Waals surface area contributed by atoms with Gasteiger partial charge in [0, 0.05) is 23.2 Å². The maximum absolute atomic E-state index is 12.0. The van der Waals surface area contributed by atoms with Crippen LogP contribution in [-0.4, -0.2) is 23.5 Å². The first kappa shape index (κ1) is 15.6. The zero-order valence-electron chi connectivity index (χ0n) is 11.1. The van der Waals surface area contributed by atoms with Crippen molar-refractivity contribution < 1.29 is 14.5 Å². The molecule has 0 aromatic heterocycles. The monoisotopic (exact) mass is 330 g/mol. The number of benzene rings is 1. The average Bonchev–Trinajstić information content (AvgIpc) is 2.31. The first-order valence-electron chi connectivity index (χ1n) is 5.50. The maximum Gasteiger partial charge on any atom is 0.274 e. The lowest BCUT2D eigenvalue weighted by atomic mass is 10.1. The molecule has 19 heavy (non-hydrogen) atoms. The summed E-state index contributed by atoms with van der Waals surface area (Å²) in [6.45, 7) is 4.85. The molecular weight excluding hydrogens is 316 g/mol. The highest BCUT2D eigenvalue weighted by molar-refractivity contribution is 9.10. The summed E-state index contributed by atoms with van der Waals surface area (Å²) in [5.41, 5.74) is -0.207. The van der Waals surface area contributed by atoms with Crippen LogP contribution in [0.1, 0.15) is 19.4 Å². The molecule has 0 aliphatic heterocycles. The molecule has 1 rings (SSSR count). The topological polar surface area (TPSA) is 81.5 Å². The minimum Gasteiger partial charge on any atom is -0.369 e. The lowest BCUT2D eigenvalue weighted by molar-refractivity contribution is -0.385. The van der Waals surface area contributed by atoms with Gasteiger partial charge in [-0.2, -0.15) is 0 Å². The van der Waals surface area contributed by atoms with Crippen LogP contribution in [-0.2, 0) is 9.53 Å². The van der Waals surface area contributed by atoms with E-state index in [1.807, 2.05) is 0 Å². The minimum atomic E-state index is -1.01. The van der Waals surface area contributed by atoms with Gasteiger partial charge < -0.3 is 10.1 Å². The Morgan fingerprint density at radius 3 is 2.53 bits per heavy atom. The van der Waals surface area contributed by atoms with Gasteiger partial charge >= 0.3 is 0 Å². The number of aryl methyl sites for hydroxylation is 1. The van der Waals surface area contributed by atoms with Crippen molar-refractivity contribution in [1.29, 1.82) is 0 Å². The van der Waals surface area contributed by atoms with Crippen LogP contribution in [0, 0.1) is 17.0 Å². The summed E-state index contributed by atoms with van der Waals surface area (Å²) in [4.78, 5) is 22.3. The Morgan fingerprint density at radius 2 is 2.05 bits per heavy atom. The molecule has 6 nitrogen and oxygen atoms in total. The Morgan fingerprint density at radius 1 is 1.47 bits per heavy atom. The molecule has 1 aromatic rings. The number of carbonyl (C=O) groups excluding carboxylic acids is 1. The lowest BCUT2D eigenvalue weighted by Crippen LogP contribution is -2.38. The molecule has 0 bridgehead atoms. The van der Waals surface area contributed by atoms with Crippen LogP contribution in [0.2, 0.25) is 0 Å². The summed E-state index contributed by atoms with van der Waals surface area (Å²) in [6.07, 6.45) is 0. The number of nitro benzene ring substituents is 1. The summed E-state index contributed by atoms with van der Waals surface area (Å²) in [6, 6.07) is 2.91. The van der Waals surface area contributed by atoms with E-state index in [1.54, 1.807) is 26.8 Å². The smallest absolute Gasteiger partial charge is 0.274 e. The number of amides is 1. The molecule has 1 N–H and O–H groups in total. The van der Waals surface area contributed by atoms with Crippen LogP contribution < -0.4 is 5.32 Å². The van der Waals surface area contributed by atoms with Crippen molar-refractivity contribution in [1.82, 2.24) is 0 Å². The van der Waals surface area contributed by atoms with Gasteiger partial charge in [0.25, 0.3) is 11.6 Å². The Labute approximate surface area is 119 Å². The predicted octanol–water partition coefficient (Wildman–Crippen LogP) is 3.03. The Balaban J connectivity index is 3.12. The number of anilines is 1. The second-order valence-corrected chi connectivity index (χ2v) is 5.40. The normalized spacial score (nSPS) is 11.2. The fraction of sp³-hybridized carbons (Fsp3) is 0.417. The predicted molar refractivity (Wildman–Crippen MR) is 75.3 cm³/mol. The zero-order valence-corrected chi connectivity index (χ0v) is 12.7. The molecule has 0 spiro atoms. The third-order valence-electron chi connectivity index (χ3n) is 2.79. The first-order chi connectivity index (χ1) is 8.69. The number of rotatable bonds is 4. The van der Waals surface area contributed by atoms with Gasteiger partial charge in [-0.1, -0.05) is 0 Å². The van der Waals surface area contributed by atoms with Gasteiger partial charge in [0.1, 0.15) is 5.60 Å². The second-order valence-electron chi connectivity index (χ2n) is 4.54. The summed E-state index contributed by atoms with van der Waals surface area (Å²) in [5.74, 6) is -0.381. The van der Waals surface area contributed by atoms with Gasteiger partial charge in [-0.3, -0.25) is 14.9 Å². The minimum absolute atomic E-state index is 0.0475. The molecule has 0 radical (unpaired) electrons. The number of halogens is 1. The fourth-order valence-corrected chi connectivity index (χ4v) is 1.88. The van der Waals surface area contributed by atoms with Gasteiger partial charge in [-0.15, -0.1) is 0 Å². The molecule has 0 aliphatic rings. The van der Waals surface area contributed by atoms with Crippen LogP contribution in [0.3, 0.4) is 0 Å². The number of methoxy groups -OCH3 is 1. The van der Waals surface area contributed by atoms with E-state index in [-0.39, 0.29) is 11.6 Å². The zero-order chi connectivity index (χ0) is 14.8. The van der Waals surface area contributed by atoms with E-state index in [0.717, 1.165) is 0 Å². The van der Waals surface area contributed by atoms with Crippen molar-refractivity contribution in [2.24, 2.45) is 0 Å². The van der Waals surface area contributed by atoms with E-state index in [9.17, 15) is 14.9 Å². The molecule has 1 aromatic carbocycles. The summed E-state index contributed by atoms with van der Waals surface area (Å²) in [7, 11) is 1.42. The Bertz CT molecular complexity index is 529. The number of hydrogen-bond donors (Lipinski definition) is 1. The molecule has 0 saturated heterocycles. The highest BCUT2D eigenvalue weighted by atomic mass is 79.9. The van der Waals surface area contributed by atoms with E-state index in [1.165, 1.54) is 13.2 Å². The number of carbonyl (C=O) groups is 1. The largest absolute Gasteiger partial charge is 0.369 e. The van der Waals surface area contributed by atoms with Crippen molar-refractivity contribution >= 4 is 33.2 Å². The third kappa shape index (κ3) is 3.51. The van der Waals surface area contributed by atoms with Crippen LogP contribution in [0.15, 0.2) is 16.6 Å². The third-order valence-corrected chi connectivity index (χ3v) is 3.44. The van der Waals surface area contributed by atoms with Gasteiger partial charge in [0.2, 0.25) is 0 Å². The van der Waals surface area contributed by atoms with E-state index in [2.05, 4.69) is 21.2 Å². The fourth-order valence-electron chi connectivity index (χ4n) is 1.32. The van der Waals surface area contributed by atoms with Crippen molar-refractivity contribution in [2.75, 3.05) is 12.4 Å². The molecule has 0 atom stereocenters. The molecule has 0 unspecified atom stereocenters. The average molecular weight is 331 g/mol. The van der Waals surface area contributed by atoms with Gasteiger partial charge in [0.05, 0.1) is 10.6 Å². The van der Waals surface area contributed by atoms with Gasteiger partial charge in [0.15, 0.2) is 0 Å². The van der Waals surface area contributed by atoms with E-state index < -0.39 is 10.5 Å². The number of ether oxygens (including phenoxy) is 1. The van der Waals surface area contributed by atoms with Gasteiger partial charge in [-0.05, 0) is 42.8 Å². The SMILES string of the molecule is COC(C)(C)C(=O)Nc1cc([N+](=O)[O-])c(C)cc1Br. The number of nitrogens with zero attached hydrogens (tertiary/aromatic N) is 1. The molecule has 0 fully saturated rings. The van der Waals surface area contributed by atoms with Crippen molar-refractivity contribution in [3.8, 4) is 0 Å². The Hall–Kier alpha value is -1.47. The summed E-state index contributed by atoms with van der Waals surface area (Å²) < 4.78 is 5.63. The Kier molecular flexibility index (Phi) is 4.65. The highest BCUT2D eigenvalue weighted by Gasteiger charge is 2.28. The quantitative estimate of drug-likeness (QED) is 0.679. The molecule has 7 heteroatoms. The van der Waals surface area contributed by atoms with E-state index in [4.69, 9.17) is 4.74 Å². The molecule has 0 saturated carbocycles. The van der Waals surface area contributed by atoms with Gasteiger partial charge in [-0.25, -0.2) is 0 Å². The molecule has 0 aliphatic carbocycles. The van der Waals surface area contributed by atoms with Crippen LogP contribution in [0.5, 0.6) is 0 Å².